The van der Waals surface area contributed by atoms with Gasteiger partial charge in [-0.1, -0.05) is 16.5 Å². The highest BCUT2D eigenvalue weighted by Crippen LogP contribution is 2.20. The van der Waals surface area contributed by atoms with Gasteiger partial charge in [0, 0.05) is 24.3 Å². The van der Waals surface area contributed by atoms with E-state index in [1.807, 2.05) is 6.92 Å². The summed E-state index contributed by atoms with van der Waals surface area (Å²) in [6.45, 7) is 2.55. The molecule has 3 N–H and O–H groups in total. The standard InChI is InChI=1S/C7H11N7O2S2/c1-2-3-14-4-5(6(8)10-14)18(15,16)11-7-9-12-13-17-7/h4H,2-3H2,1H3,(H2,8,10)(H,9,11,13). The summed E-state index contributed by atoms with van der Waals surface area (Å²) in [5.74, 6) is -0.0478. The second-order valence-electron chi connectivity index (χ2n) is 3.41. The molecule has 11 heteroatoms. The maximum Gasteiger partial charge on any atom is 0.269 e. The van der Waals surface area contributed by atoms with Crippen LogP contribution >= 0.6 is 11.5 Å². The molecule has 0 spiro atoms. The maximum absolute atomic E-state index is 12.0. The van der Waals surface area contributed by atoms with Crippen molar-refractivity contribution in [2.24, 2.45) is 0 Å². The van der Waals surface area contributed by atoms with Gasteiger partial charge >= 0.3 is 0 Å². The van der Waals surface area contributed by atoms with Crippen LogP contribution in [0.25, 0.3) is 0 Å². The second kappa shape index (κ2) is 4.86. The van der Waals surface area contributed by atoms with Gasteiger partial charge in [-0.05, 0) is 11.6 Å². The molecule has 0 aliphatic heterocycles. The molecule has 0 saturated heterocycles. The van der Waals surface area contributed by atoms with Crippen LogP contribution in [0.2, 0.25) is 0 Å². The highest BCUT2D eigenvalue weighted by Gasteiger charge is 2.22. The smallest absolute Gasteiger partial charge is 0.269 e. The number of nitrogen functional groups attached to an aromatic ring is 1. The lowest BCUT2D eigenvalue weighted by molar-refractivity contribution is 0.595. The molecule has 2 aromatic rings. The number of nitrogens with zero attached hydrogens (tertiary/aromatic N) is 5. The average Bonchev–Trinajstić information content (AvgIpc) is 2.88. The van der Waals surface area contributed by atoms with Crippen molar-refractivity contribution >= 4 is 32.5 Å². The molecule has 0 aliphatic carbocycles. The number of aryl methyl sites for hydroxylation is 1. The fraction of sp³-hybridized carbons (Fsp3) is 0.429. The minimum atomic E-state index is -3.80. The largest absolute Gasteiger partial charge is 0.381 e. The summed E-state index contributed by atoms with van der Waals surface area (Å²) >= 11 is 0.837. The van der Waals surface area contributed by atoms with Crippen molar-refractivity contribution in [1.82, 2.24) is 24.6 Å². The summed E-state index contributed by atoms with van der Waals surface area (Å²) in [7, 11) is -3.80. The molecule has 0 bridgehead atoms. The van der Waals surface area contributed by atoms with Gasteiger partial charge < -0.3 is 5.73 Å². The van der Waals surface area contributed by atoms with Gasteiger partial charge in [-0.25, -0.2) is 8.42 Å². The summed E-state index contributed by atoms with van der Waals surface area (Å²) in [6, 6.07) is 0. The molecule has 98 valence electrons. The van der Waals surface area contributed by atoms with E-state index in [4.69, 9.17) is 5.73 Å². The molecule has 2 rings (SSSR count). The summed E-state index contributed by atoms with van der Waals surface area (Å²) in [6.07, 6.45) is 2.21. The summed E-state index contributed by atoms with van der Waals surface area (Å²) in [5.41, 5.74) is 5.59. The van der Waals surface area contributed by atoms with Crippen LogP contribution < -0.4 is 10.5 Å². The van der Waals surface area contributed by atoms with Crippen molar-refractivity contribution in [3.05, 3.63) is 6.20 Å². The molecule has 2 heterocycles. The zero-order valence-electron chi connectivity index (χ0n) is 9.44. The molecule has 0 radical (unpaired) electrons. The third-order valence-electron chi connectivity index (χ3n) is 2.02. The fourth-order valence-corrected chi connectivity index (χ4v) is 2.97. The molecule has 0 unspecified atom stereocenters. The Morgan fingerprint density at radius 1 is 1.56 bits per heavy atom. The van der Waals surface area contributed by atoms with Crippen molar-refractivity contribution in [1.29, 1.82) is 0 Å². The minimum absolute atomic E-state index is 0.0478. The topological polar surface area (TPSA) is 129 Å². The third-order valence-corrected chi connectivity index (χ3v) is 4.01. The Labute approximate surface area is 107 Å². The number of rotatable bonds is 5. The van der Waals surface area contributed by atoms with E-state index in [-0.39, 0.29) is 15.8 Å². The van der Waals surface area contributed by atoms with E-state index in [1.54, 1.807) is 0 Å². The molecule has 18 heavy (non-hydrogen) atoms. The van der Waals surface area contributed by atoms with Crippen molar-refractivity contribution in [3.8, 4) is 0 Å². The predicted molar refractivity (Wildman–Crippen MR) is 65.4 cm³/mol. The first-order chi connectivity index (χ1) is 8.53. The van der Waals surface area contributed by atoms with E-state index in [1.165, 1.54) is 10.9 Å². The molecule has 0 aliphatic rings. The van der Waals surface area contributed by atoms with Crippen LogP contribution in [0.4, 0.5) is 10.9 Å². The quantitative estimate of drug-likeness (QED) is 0.787. The third kappa shape index (κ3) is 2.56. The Morgan fingerprint density at radius 2 is 2.33 bits per heavy atom. The monoisotopic (exact) mass is 289 g/mol. The van der Waals surface area contributed by atoms with Crippen LogP contribution in [0.1, 0.15) is 13.3 Å². The molecule has 9 nitrogen and oxygen atoms in total. The number of hydrogen-bond acceptors (Lipinski definition) is 8. The maximum atomic E-state index is 12.0. The molecule has 0 atom stereocenters. The Bertz CT molecular complexity index is 618. The Morgan fingerprint density at radius 3 is 2.94 bits per heavy atom. The first kappa shape index (κ1) is 12.7. The van der Waals surface area contributed by atoms with Gasteiger partial charge in [0.05, 0.1) is 0 Å². The summed E-state index contributed by atoms with van der Waals surface area (Å²) in [4.78, 5) is -0.0776. The van der Waals surface area contributed by atoms with Gasteiger partial charge in [0.2, 0.25) is 5.13 Å². The zero-order chi connectivity index (χ0) is 13.2. The van der Waals surface area contributed by atoms with Crippen molar-refractivity contribution in [3.63, 3.8) is 0 Å². The first-order valence-corrected chi connectivity index (χ1v) is 7.29. The van der Waals surface area contributed by atoms with Crippen LogP contribution in [0, 0.1) is 0 Å². The lowest BCUT2D eigenvalue weighted by atomic mass is 10.5. The minimum Gasteiger partial charge on any atom is -0.381 e. The average molecular weight is 289 g/mol. The number of aromatic nitrogens is 5. The SMILES string of the molecule is CCCn1cc(S(=O)(=O)Nc2nnns2)c(N)n1. The molecule has 2 aromatic heterocycles. The van der Waals surface area contributed by atoms with Crippen LogP contribution in [0.3, 0.4) is 0 Å². The van der Waals surface area contributed by atoms with Crippen LogP contribution in [-0.2, 0) is 16.6 Å². The van der Waals surface area contributed by atoms with Crippen molar-refractivity contribution < 1.29 is 8.42 Å². The van der Waals surface area contributed by atoms with Gasteiger partial charge in [0.1, 0.15) is 4.90 Å². The Hall–Kier alpha value is -1.75. The highest BCUT2D eigenvalue weighted by atomic mass is 32.2. The predicted octanol–water partition coefficient (Wildman–Crippen LogP) is -0.0774. The number of anilines is 2. The fourth-order valence-electron chi connectivity index (χ4n) is 1.31. The van der Waals surface area contributed by atoms with E-state index in [0.717, 1.165) is 18.0 Å². The Balaban J connectivity index is 2.29. The lowest BCUT2D eigenvalue weighted by Crippen LogP contribution is -2.13. The molecule has 0 amide bonds. The Kier molecular flexibility index (Phi) is 3.43. The van der Waals surface area contributed by atoms with Crippen molar-refractivity contribution in [2.45, 2.75) is 24.8 Å². The molecular weight excluding hydrogens is 278 g/mol. The van der Waals surface area contributed by atoms with Crippen molar-refractivity contribution in [2.75, 3.05) is 10.5 Å². The number of nitrogens with one attached hydrogen (secondary N) is 1. The molecule has 0 fully saturated rings. The number of nitrogens with two attached hydrogens (primary N) is 1. The molecular formula is C7H11N7O2S2. The van der Waals surface area contributed by atoms with E-state index in [0.29, 0.717) is 6.54 Å². The zero-order valence-corrected chi connectivity index (χ0v) is 11.1. The van der Waals surface area contributed by atoms with Gasteiger partial charge in [-0.2, -0.15) is 5.10 Å². The van der Waals surface area contributed by atoms with Crippen LogP contribution in [0.15, 0.2) is 11.1 Å². The lowest BCUT2D eigenvalue weighted by Gasteiger charge is -2.01. The first-order valence-electron chi connectivity index (χ1n) is 5.03. The van der Waals surface area contributed by atoms with Gasteiger partial charge in [0.15, 0.2) is 5.82 Å². The molecule has 0 aromatic carbocycles. The van der Waals surface area contributed by atoms with E-state index in [2.05, 4.69) is 24.6 Å². The van der Waals surface area contributed by atoms with Gasteiger partial charge in [-0.15, -0.1) is 0 Å². The van der Waals surface area contributed by atoms with Crippen LogP contribution in [0.5, 0.6) is 0 Å². The van der Waals surface area contributed by atoms with E-state index < -0.39 is 10.0 Å². The normalized spacial score (nSPS) is 11.6. The van der Waals surface area contributed by atoms with Gasteiger partial charge in [-0.3, -0.25) is 9.40 Å². The second-order valence-corrected chi connectivity index (χ2v) is 5.80. The molecule has 0 saturated carbocycles. The summed E-state index contributed by atoms with van der Waals surface area (Å²) < 4.78 is 31.2. The van der Waals surface area contributed by atoms with E-state index in [9.17, 15) is 8.42 Å². The number of hydrogen-bond donors (Lipinski definition) is 2. The number of sulfonamides is 1. The van der Waals surface area contributed by atoms with Crippen LogP contribution in [-0.4, -0.2) is 33.0 Å². The highest BCUT2D eigenvalue weighted by molar-refractivity contribution is 7.93. The van der Waals surface area contributed by atoms with E-state index >= 15 is 0 Å². The summed E-state index contributed by atoms with van der Waals surface area (Å²) in [5, 5.41) is 10.8. The van der Waals surface area contributed by atoms with Gasteiger partial charge in [0.25, 0.3) is 10.0 Å².